The Balaban J connectivity index is 1.45. The van der Waals surface area contributed by atoms with Gasteiger partial charge in [0.15, 0.2) is 0 Å². The number of nitrogens with zero attached hydrogens (tertiary/aromatic N) is 1. The summed E-state index contributed by atoms with van der Waals surface area (Å²) in [6.45, 7) is 5.96. The Kier molecular flexibility index (Phi) is 3.53. The van der Waals surface area contributed by atoms with E-state index >= 15 is 0 Å². The van der Waals surface area contributed by atoms with Gasteiger partial charge in [-0.05, 0) is 38.6 Å². The first-order chi connectivity index (χ1) is 9.09. The Labute approximate surface area is 114 Å². The van der Waals surface area contributed by atoms with Gasteiger partial charge in [0.1, 0.15) is 0 Å². The molecule has 0 aromatic heterocycles. The third kappa shape index (κ3) is 2.64. The van der Waals surface area contributed by atoms with E-state index in [1.54, 1.807) is 0 Å². The van der Waals surface area contributed by atoms with Gasteiger partial charge in [-0.3, -0.25) is 4.79 Å². The Hall–Kier alpha value is -0.650. The van der Waals surface area contributed by atoms with Gasteiger partial charge in [0.25, 0.3) is 0 Å². The molecule has 3 atom stereocenters. The normalized spacial score (nSPS) is 39.7. The number of carbonyl (C=O) groups is 1. The second-order valence-corrected chi connectivity index (χ2v) is 6.63. The van der Waals surface area contributed by atoms with Crippen molar-refractivity contribution in [1.29, 1.82) is 0 Å². The first-order valence-corrected chi connectivity index (χ1v) is 7.45. The average molecular weight is 267 g/mol. The molecule has 3 rings (SSSR count). The second kappa shape index (κ2) is 5.04. The minimum absolute atomic E-state index is 0.0578. The molecule has 3 N–H and O–H groups in total. The highest BCUT2D eigenvalue weighted by Crippen LogP contribution is 2.32. The van der Waals surface area contributed by atoms with Crippen LogP contribution in [-0.2, 0) is 9.53 Å². The van der Waals surface area contributed by atoms with Crippen LogP contribution in [0.3, 0.4) is 0 Å². The van der Waals surface area contributed by atoms with Crippen LogP contribution in [0.15, 0.2) is 0 Å². The monoisotopic (exact) mass is 267 g/mol. The van der Waals surface area contributed by atoms with E-state index in [-0.39, 0.29) is 11.9 Å². The van der Waals surface area contributed by atoms with Crippen molar-refractivity contribution in [3.63, 3.8) is 0 Å². The van der Waals surface area contributed by atoms with Crippen LogP contribution in [-0.4, -0.2) is 55.7 Å². The third-order valence-corrected chi connectivity index (χ3v) is 4.97. The molecule has 19 heavy (non-hydrogen) atoms. The van der Waals surface area contributed by atoms with E-state index in [1.165, 1.54) is 25.8 Å². The first kappa shape index (κ1) is 13.3. The number of ether oxygens (including phenoxy) is 1. The van der Waals surface area contributed by atoms with E-state index in [1.807, 2.05) is 6.92 Å². The molecule has 5 nitrogen and oxygen atoms in total. The second-order valence-electron chi connectivity index (χ2n) is 6.63. The Bertz CT molecular complexity index is 359. The van der Waals surface area contributed by atoms with E-state index in [0.29, 0.717) is 19.1 Å². The maximum absolute atomic E-state index is 12.3. The number of rotatable bonds is 4. The fraction of sp³-hybridized carbons (Fsp3) is 0.929. The van der Waals surface area contributed by atoms with Gasteiger partial charge in [0, 0.05) is 25.2 Å². The largest absolute Gasteiger partial charge is 0.379 e. The highest BCUT2D eigenvalue weighted by atomic mass is 16.5. The summed E-state index contributed by atoms with van der Waals surface area (Å²) >= 11 is 0. The number of amides is 1. The number of likely N-dealkylation sites (tertiary alicyclic amines) is 1. The van der Waals surface area contributed by atoms with Crippen molar-refractivity contribution in [3.05, 3.63) is 0 Å². The predicted molar refractivity (Wildman–Crippen MR) is 72.6 cm³/mol. The van der Waals surface area contributed by atoms with Crippen molar-refractivity contribution in [1.82, 2.24) is 10.2 Å². The number of nitrogens with one attached hydrogen (secondary N) is 1. The smallest absolute Gasteiger partial charge is 0.229 e. The van der Waals surface area contributed by atoms with Gasteiger partial charge in [-0.1, -0.05) is 0 Å². The van der Waals surface area contributed by atoms with Gasteiger partial charge < -0.3 is 20.7 Å². The van der Waals surface area contributed by atoms with Crippen molar-refractivity contribution in [3.8, 4) is 0 Å². The SMILES string of the molecule is CC1(C(=O)NCC2CCN(C3CC3)C2)COCC1N. The van der Waals surface area contributed by atoms with Gasteiger partial charge in [-0.2, -0.15) is 0 Å². The van der Waals surface area contributed by atoms with Gasteiger partial charge in [-0.15, -0.1) is 0 Å². The quantitative estimate of drug-likeness (QED) is 0.749. The summed E-state index contributed by atoms with van der Waals surface area (Å²) in [5.74, 6) is 0.661. The summed E-state index contributed by atoms with van der Waals surface area (Å²) in [4.78, 5) is 14.8. The maximum atomic E-state index is 12.3. The van der Waals surface area contributed by atoms with Gasteiger partial charge >= 0.3 is 0 Å². The Morgan fingerprint density at radius 1 is 1.47 bits per heavy atom. The maximum Gasteiger partial charge on any atom is 0.229 e. The van der Waals surface area contributed by atoms with E-state index in [0.717, 1.165) is 19.1 Å². The predicted octanol–water partition coefficient (Wildman–Crippen LogP) is -0.0493. The molecule has 0 radical (unpaired) electrons. The van der Waals surface area contributed by atoms with Gasteiger partial charge in [0.2, 0.25) is 5.91 Å². The molecule has 108 valence electrons. The van der Waals surface area contributed by atoms with Crippen LogP contribution < -0.4 is 11.1 Å². The topological polar surface area (TPSA) is 67.6 Å². The summed E-state index contributed by atoms with van der Waals surface area (Å²) in [6, 6.07) is 0.661. The molecule has 1 amide bonds. The number of hydrogen-bond donors (Lipinski definition) is 2. The molecule has 2 aliphatic heterocycles. The van der Waals surface area contributed by atoms with Crippen LogP contribution in [0.1, 0.15) is 26.2 Å². The lowest BCUT2D eigenvalue weighted by Gasteiger charge is -2.26. The molecule has 0 spiro atoms. The fourth-order valence-corrected chi connectivity index (χ4v) is 3.16. The lowest BCUT2D eigenvalue weighted by Crippen LogP contribution is -2.50. The fourth-order valence-electron chi connectivity index (χ4n) is 3.16. The Morgan fingerprint density at radius 2 is 2.26 bits per heavy atom. The van der Waals surface area contributed by atoms with Gasteiger partial charge in [-0.25, -0.2) is 0 Å². The lowest BCUT2D eigenvalue weighted by molar-refractivity contribution is -0.130. The van der Waals surface area contributed by atoms with Crippen LogP contribution in [0, 0.1) is 11.3 Å². The Morgan fingerprint density at radius 3 is 2.89 bits per heavy atom. The molecule has 3 unspecified atom stereocenters. The zero-order valence-corrected chi connectivity index (χ0v) is 11.7. The first-order valence-electron chi connectivity index (χ1n) is 7.45. The van der Waals surface area contributed by atoms with Crippen LogP contribution in [0.4, 0.5) is 0 Å². The molecule has 5 heteroatoms. The summed E-state index contributed by atoms with van der Waals surface area (Å²) in [5, 5.41) is 3.09. The number of hydrogen-bond acceptors (Lipinski definition) is 4. The third-order valence-electron chi connectivity index (χ3n) is 4.97. The lowest BCUT2D eigenvalue weighted by atomic mass is 9.84. The molecule has 2 saturated heterocycles. The molecule has 1 saturated carbocycles. The average Bonchev–Trinajstić information content (AvgIpc) is 3.05. The van der Waals surface area contributed by atoms with E-state index in [2.05, 4.69) is 10.2 Å². The zero-order valence-electron chi connectivity index (χ0n) is 11.7. The van der Waals surface area contributed by atoms with Crippen molar-refractivity contribution < 1.29 is 9.53 Å². The molecule has 0 bridgehead atoms. The minimum Gasteiger partial charge on any atom is -0.379 e. The number of nitrogens with two attached hydrogens (primary N) is 1. The summed E-state index contributed by atoms with van der Waals surface area (Å²) in [7, 11) is 0. The van der Waals surface area contributed by atoms with Crippen LogP contribution in [0.2, 0.25) is 0 Å². The van der Waals surface area contributed by atoms with Crippen molar-refractivity contribution in [2.75, 3.05) is 32.8 Å². The van der Waals surface area contributed by atoms with E-state index < -0.39 is 5.41 Å². The molecule has 0 aromatic rings. The molecule has 1 aliphatic carbocycles. The van der Waals surface area contributed by atoms with E-state index in [9.17, 15) is 4.79 Å². The van der Waals surface area contributed by atoms with E-state index in [4.69, 9.17) is 10.5 Å². The highest BCUT2D eigenvalue weighted by molar-refractivity contribution is 5.83. The van der Waals surface area contributed by atoms with Gasteiger partial charge in [0.05, 0.1) is 18.6 Å². The van der Waals surface area contributed by atoms with Crippen LogP contribution >= 0.6 is 0 Å². The summed E-state index contributed by atoms with van der Waals surface area (Å²) < 4.78 is 5.33. The summed E-state index contributed by atoms with van der Waals surface area (Å²) in [6.07, 6.45) is 3.93. The molecular weight excluding hydrogens is 242 g/mol. The molecule has 0 aromatic carbocycles. The molecular formula is C14H25N3O2. The van der Waals surface area contributed by atoms with Crippen molar-refractivity contribution in [2.45, 2.75) is 38.3 Å². The summed E-state index contributed by atoms with van der Waals surface area (Å²) in [5.41, 5.74) is 5.43. The van der Waals surface area contributed by atoms with Crippen molar-refractivity contribution >= 4 is 5.91 Å². The molecule has 3 fully saturated rings. The van der Waals surface area contributed by atoms with Crippen LogP contribution in [0.25, 0.3) is 0 Å². The zero-order chi connectivity index (χ0) is 13.5. The number of carbonyl (C=O) groups excluding carboxylic acids is 1. The van der Waals surface area contributed by atoms with Crippen LogP contribution in [0.5, 0.6) is 0 Å². The molecule has 3 aliphatic rings. The standard InChI is InChI=1S/C14H25N3O2/c1-14(9-19-8-12(14)15)13(18)16-6-10-4-5-17(7-10)11-2-3-11/h10-12H,2-9,15H2,1H3,(H,16,18). The molecule has 2 heterocycles. The highest BCUT2D eigenvalue weighted by Gasteiger charge is 2.44. The minimum atomic E-state index is -0.547. The van der Waals surface area contributed by atoms with Crippen molar-refractivity contribution in [2.24, 2.45) is 17.1 Å².